The smallest absolute Gasteiger partial charge is 0.425 e. The van der Waals surface area contributed by atoms with Gasteiger partial charge in [0.25, 0.3) is 0 Å². The molecule has 2 saturated heterocycles. The van der Waals surface area contributed by atoms with Crippen molar-refractivity contribution in [2.75, 3.05) is 26.4 Å². The van der Waals surface area contributed by atoms with Crippen molar-refractivity contribution < 1.29 is 43.4 Å². The van der Waals surface area contributed by atoms with Gasteiger partial charge in [0.1, 0.15) is 43.3 Å². The van der Waals surface area contributed by atoms with Crippen LogP contribution in [-0.4, -0.2) is 55.4 Å². The highest BCUT2D eigenvalue weighted by Crippen LogP contribution is 2.34. The van der Waals surface area contributed by atoms with Crippen LogP contribution < -0.4 is 0 Å². The second-order valence-corrected chi connectivity index (χ2v) is 6.22. The summed E-state index contributed by atoms with van der Waals surface area (Å²) in [5, 5.41) is 1.36. The molecule has 3 aliphatic rings. The molecule has 0 aromatic rings. The molecular formula is C15H22N2O9. The lowest BCUT2D eigenvalue weighted by Gasteiger charge is -2.30. The Morgan fingerprint density at radius 2 is 1.62 bits per heavy atom. The van der Waals surface area contributed by atoms with Crippen molar-refractivity contribution in [1.82, 2.24) is 10.8 Å². The van der Waals surface area contributed by atoms with E-state index in [1.807, 2.05) is 6.08 Å². The molecule has 0 aromatic carbocycles. The zero-order valence-corrected chi connectivity index (χ0v) is 14.5. The topological polar surface area (TPSA) is 105 Å². The van der Waals surface area contributed by atoms with Crippen molar-refractivity contribution in [1.29, 1.82) is 0 Å². The van der Waals surface area contributed by atoms with Crippen LogP contribution in [0.3, 0.4) is 0 Å². The first-order chi connectivity index (χ1) is 12.5. The molecule has 0 spiro atoms. The molecule has 0 bridgehead atoms. The van der Waals surface area contributed by atoms with Crippen LogP contribution in [-0.2, 0) is 38.6 Å². The summed E-state index contributed by atoms with van der Waals surface area (Å²) >= 11 is 0. The van der Waals surface area contributed by atoms with Gasteiger partial charge in [-0.15, -0.1) is 0 Å². The third kappa shape index (κ3) is 5.13. The molecule has 0 N–H and O–H groups in total. The van der Waals surface area contributed by atoms with Gasteiger partial charge in [-0.2, -0.15) is 0 Å². The highest BCUT2D eigenvalue weighted by molar-refractivity contribution is 5.76. The SMILES string of the molecule is CC1(C(=O)ON2OCCO2)CC/C=C\C(OC(=O)ON2OCCO2)CC1. The van der Waals surface area contributed by atoms with E-state index in [0.717, 1.165) is 5.39 Å². The summed E-state index contributed by atoms with van der Waals surface area (Å²) in [6.07, 6.45) is 4.20. The highest BCUT2D eigenvalue weighted by Gasteiger charge is 2.38. The van der Waals surface area contributed by atoms with Crippen LogP contribution in [0.2, 0.25) is 0 Å². The van der Waals surface area contributed by atoms with E-state index in [1.165, 1.54) is 0 Å². The summed E-state index contributed by atoms with van der Waals surface area (Å²) in [4.78, 5) is 53.8. The fourth-order valence-corrected chi connectivity index (χ4v) is 2.65. The van der Waals surface area contributed by atoms with Gasteiger partial charge >= 0.3 is 12.1 Å². The number of hydrogen-bond donors (Lipinski definition) is 0. The average Bonchev–Trinajstić information content (AvgIpc) is 3.28. The van der Waals surface area contributed by atoms with Gasteiger partial charge in [0, 0.05) is 0 Å². The first-order valence-electron chi connectivity index (χ1n) is 8.45. The Labute approximate surface area is 150 Å². The molecular weight excluding hydrogens is 352 g/mol. The predicted molar refractivity (Wildman–Crippen MR) is 80.6 cm³/mol. The Morgan fingerprint density at radius 1 is 1.00 bits per heavy atom. The molecule has 2 heterocycles. The number of allylic oxidation sites excluding steroid dienone is 1. The summed E-state index contributed by atoms with van der Waals surface area (Å²) in [6, 6.07) is 0. The normalized spacial score (nSPS) is 31.8. The Kier molecular flexibility index (Phi) is 6.40. The van der Waals surface area contributed by atoms with Gasteiger partial charge in [0.05, 0.1) is 5.41 Å². The van der Waals surface area contributed by atoms with Crippen molar-refractivity contribution in [2.24, 2.45) is 5.41 Å². The summed E-state index contributed by atoms with van der Waals surface area (Å²) < 4.78 is 5.23. The number of hydrogen-bond acceptors (Lipinski definition) is 11. The number of rotatable bonds is 4. The van der Waals surface area contributed by atoms with Crippen molar-refractivity contribution in [2.45, 2.75) is 38.7 Å². The fraction of sp³-hybridized carbons (Fsp3) is 0.733. The Hall–Kier alpha value is -1.76. The molecule has 0 saturated carbocycles. The summed E-state index contributed by atoms with van der Waals surface area (Å²) in [6.45, 7) is 3.04. The standard InChI is InChI=1S/C15H22N2O9/c1-15(13(18)25-16-20-8-9-21-16)6-3-2-4-12(5-7-15)24-14(19)26-17-22-10-11-23-17/h2,4,12H,3,5-11H2,1H3/b4-2-. The minimum atomic E-state index is -0.953. The Bertz CT molecular complexity index is 531. The third-order valence-electron chi connectivity index (χ3n) is 4.19. The molecule has 3 rings (SSSR count). The lowest BCUT2D eigenvalue weighted by atomic mass is 9.79. The number of nitrogens with zero attached hydrogens (tertiary/aromatic N) is 2. The lowest BCUT2D eigenvalue weighted by molar-refractivity contribution is -0.462. The summed E-state index contributed by atoms with van der Waals surface area (Å²) in [5.41, 5.74) is -0.771. The molecule has 0 amide bonds. The maximum Gasteiger partial charge on any atom is 0.532 e. The third-order valence-corrected chi connectivity index (χ3v) is 4.19. The maximum absolute atomic E-state index is 12.5. The first-order valence-corrected chi connectivity index (χ1v) is 8.45. The van der Waals surface area contributed by atoms with Crippen LogP contribution in [0.5, 0.6) is 0 Å². The molecule has 2 unspecified atom stereocenters. The lowest BCUT2D eigenvalue weighted by Crippen LogP contribution is -2.36. The van der Waals surface area contributed by atoms with Crippen molar-refractivity contribution in [3.63, 3.8) is 0 Å². The van der Waals surface area contributed by atoms with Crippen molar-refractivity contribution >= 4 is 12.1 Å². The Balaban J connectivity index is 1.50. The predicted octanol–water partition coefficient (Wildman–Crippen LogP) is 1.38. The first kappa shape index (κ1) is 19.0. The van der Waals surface area contributed by atoms with E-state index in [0.29, 0.717) is 57.5 Å². The second kappa shape index (κ2) is 8.75. The van der Waals surface area contributed by atoms with Gasteiger partial charge in [0.2, 0.25) is 0 Å². The molecule has 0 radical (unpaired) electrons. The highest BCUT2D eigenvalue weighted by atomic mass is 17.2. The zero-order chi connectivity index (χ0) is 18.4. The van der Waals surface area contributed by atoms with Gasteiger partial charge in [-0.3, -0.25) is 4.84 Å². The molecule has 2 fully saturated rings. The van der Waals surface area contributed by atoms with E-state index < -0.39 is 23.6 Å². The van der Waals surface area contributed by atoms with Crippen molar-refractivity contribution in [3.05, 3.63) is 12.2 Å². The Morgan fingerprint density at radius 3 is 2.27 bits per heavy atom. The van der Waals surface area contributed by atoms with Crippen LogP contribution in [0.15, 0.2) is 12.2 Å². The number of carbonyl (C=O) groups excluding carboxylic acids is 2. The van der Waals surface area contributed by atoms with Gasteiger partial charge in [-0.25, -0.2) is 28.9 Å². The fourth-order valence-electron chi connectivity index (χ4n) is 2.65. The van der Waals surface area contributed by atoms with Crippen LogP contribution in [0, 0.1) is 5.41 Å². The molecule has 0 aromatic heterocycles. The van der Waals surface area contributed by atoms with E-state index in [1.54, 1.807) is 13.0 Å². The van der Waals surface area contributed by atoms with Crippen LogP contribution in [0.25, 0.3) is 0 Å². The molecule has 1 aliphatic carbocycles. The van der Waals surface area contributed by atoms with Gasteiger partial charge in [-0.1, -0.05) is 6.08 Å². The summed E-state index contributed by atoms with van der Waals surface area (Å²) in [7, 11) is 0. The second-order valence-electron chi connectivity index (χ2n) is 6.22. The molecule has 11 nitrogen and oxygen atoms in total. The quantitative estimate of drug-likeness (QED) is 0.526. The number of ether oxygens (including phenoxy) is 1. The van der Waals surface area contributed by atoms with Gasteiger partial charge < -0.3 is 9.57 Å². The van der Waals surface area contributed by atoms with E-state index in [4.69, 9.17) is 33.8 Å². The minimum Gasteiger partial charge on any atom is -0.425 e. The van der Waals surface area contributed by atoms with E-state index >= 15 is 0 Å². The zero-order valence-electron chi connectivity index (χ0n) is 14.5. The van der Waals surface area contributed by atoms with Crippen LogP contribution >= 0.6 is 0 Å². The van der Waals surface area contributed by atoms with Crippen LogP contribution in [0.4, 0.5) is 4.79 Å². The molecule has 146 valence electrons. The average molecular weight is 374 g/mol. The molecule has 2 atom stereocenters. The van der Waals surface area contributed by atoms with E-state index in [9.17, 15) is 9.59 Å². The maximum atomic E-state index is 12.5. The molecule has 2 aliphatic heterocycles. The molecule has 26 heavy (non-hydrogen) atoms. The van der Waals surface area contributed by atoms with E-state index in [2.05, 4.69) is 0 Å². The minimum absolute atomic E-state index is 0.293. The summed E-state index contributed by atoms with van der Waals surface area (Å²) in [5.74, 6) is -0.463. The van der Waals surface area contributed by atoms with Gasteiger partial charge in [-0.05, 0) is 38.7 Å². The van der Waals surface area contributed by atoms with Crippen molar-refractivity contribution in [3.8, 4) is 0 Å². The number of carbonyl (C=O) groups is 2. The largest absolute Gasteiger partial charge is 0.532 e. The molecule has 11 heteroatoms. The monoisotopic (exact) mass is 374 g/mol. The van der Waals surface area contributed by atoms with E-state index in [-0.39, 0.29) is 0 Å². The van der Waals surface area contributed by atoms with Gasteiger partial charge in [0.15, 0.2) is 0 Å². The van der Waals surface area contributed by atoms with Crippen LogP contribution in [0.1, 0.15) is 32.6 Å².